The largest absolute Gasteiger partial charge is 0.481 e. The van der Waals surface area contributed by atoms with Gasteiger partial charge >= 0.3 is 5.97 Å². The minimum Gasteiger partial charge on any atom is -0.481 e. The number of carbonyl (C=O) groups is 2. The molecule has 1 atom stereocenters. The van der Waals surface area contributed by atoms with Gasteiger partial charge in [0.25, 0.3) is 0 Å². The number of fused-ring (bicyclic) bond motifs is 1. The Hall–Kier alpha value is -1.85. The molecule has 2 rings (SSSR count). The molecule has 0 spiro atoms. The highest BCUT2D eigenvalue weighted by atomic mass is 16.4. The van der Waals surface area contributed by atoms with Crippen molar-refractivity contribution in [3.05, 3.63) is 17.5 Å². The van der Waals surface area contributed by atoms with Gasteiger partial charge in [-0.15, -0.1) is 0 Å². The second kappa shape index (κ2) is 4.57. The third-order valence-electron chi connectivity index (χ3n) is 3.02. The topological polar surface area (TPSA) is 84.2 Å². The Morgan fingerprint density at radius 1 is 1.65 bits per heavy atom. The van der Waals surface area contributed by atoms with Crippen LogP contribution in [0.1, 0.15) is 36.6 Å². The van der Waals surface area contributed by atoms with Crippen molar-refractivity contribution in [3.63, 3.8) is 0 Å². The highest BCUT2D eigenvalue weighted by Gasteiger charge is 2.25. The van der Waals surface area contributed by atoms with Crippen molar-refractivity contribution < 1.29 is 14.7 Å². The van der Waals surface area contributed by atoms with E-state index in [1.165, 1.54) is 0 Å². The maximum absolute atomic E-state index is 11.4. The average molecular weight is 237 g/mol. The van der Waals surface area contributed by atoms with E-state index in [4.69, 9.17) is 5.11 Å². The van der Waals surface area contributed by atoms with Crippen LogP contribution < -0.4 is 5.32 Å². The maximum Gasteiger partial charge on any atom is 0.312 e. The molecule has 1 aromatic heterocycles. The van der Waals surface area contributed by atoms with Crippen LogP contribution in [0.25, 0.3) is 0 Å². The van der Waals surface area contributed by atoms with Crippen LogP contribution in [-0.4, -0.2) is 26.8 Å². The molecular weight excluding hydrogens is 222 g/mol. The first-order valence-electron chi connectivity index (χ1n) is 5.60. The molecule has 6 heteroatoms. The van der Waals surface area contributed by atoms with Crippen molar-refractivity contribution in [1.29, 1.82) is 0 Å². The van der Waals surface area contributed by atoms with Gasteiger partial charge in [0, 0.05) is 18.3 Å². The summed E-state index contributed by atoms with van der Waals surface area (Å²) >= 11 is 0. The van der Waals surface area contributed by atoms with Crippen LogP contribution in [-0.2, 0) is 23.1 Å². The van der Waals surface area contributed by atoms with Crippen LogP contribution >= 0.6 is 0 Å². The van der Waals surface area contributed by atoms with Crippen molar-refractivity contribution in [1.82, 2.24) is 15.1 Å². The van der Waals surface area contributed by atoms with Crippen molar-refractivity contribution >= 4 is 11.9 Å². The smallest absolute Gasteiger partial charge is 0.312 e. The molecule has 0 bridgehead atoms. The Labute approximate surface area is 98.6 Å². The normalized spacial score (nSPS) is 18.5. The number of aromatic nitrogens is 2. The first kappa shape index (κ1) is 11.6. The van der Waals surface area contributed by atoms with Gasteiger partial charge in [-0.1, -0.05) is 0 Å². The molecule has 1 aliphatic carbocycles. The summed E-state index contributed by atoms with van der Waals surface area (Å²) in [5, 5.41) is 15.4. The third-order valence-corrected chi connectivity index (χ3v) is 3.02. The Morgan fingerprint density at radius 2 is 2.41 bits per heavy atom. The molecule has 0 fully saturated rings. The van der Waals surface area contributed by atoms with Gasteiger partial charge in [0.05, 0.1) is 12.2 Å². The zero-order chi connectivity index (χ0) is 12.4. The summed E-state index contributed by atoms with van der Waals surface area (Å²) < 4.78 is 1.81. The van der Waals surface area contributed by atoms with Crippen LogP contribution in [0.15, 0.2) is 6.20 Å². The first-order chi connectivity index (χ1) is 8.08. The number of rotatable bonds is 3. The van der Waals surface area contributed by atoms with Gasteiger partial charge in [0.15, 0.2) is 0 Å². The molecule has 1 heterocycles. The lowest BCUT2D eigenvalue weighted by molar-refractivity contribution is -0.140. The van der Waals surface area contributed by atoms with Crippen LogP contribution in [0.4, 0.5) is 0 Å². The summed E-state index contributed by atoms with van der Waals surface area (Å²) in [4.78, 5) is 21.8. The van der Waals surface area contributed by atoms with E-state index in [0.717, 1.165) is 30.5 Å². The fraction of sp³-hybridized carbons (Fsp3) is 0.545. The number of aryl methyl sites for hydroxylation is 1. The molecule has 0 saturated carbocycles. The van der Waals surface area contributed by atoms with Gasteiger partial charge in [-0.25, -0.2) is 0 Å². The van der Waals surface area contributed by atoms with Crippen molar-refractivity contribution in [2.75, 3.05) is 0 Å². The molecule has 2 N–H and O–H groups in total. The molecule has 0 saturated heterocycles. The lowest BCUT2D eigenvalue weighted by Gasteiger charge is -2.23. The molecule has 1 unspecified atom stereocenters. The van der Waals surface area contributed by atoms with Crippen molar-refractivity contribution in [2.45, 2.75) is 31.7 Å². The van der Waals surface area contributed by atoms with E-state index in [9.17, 15) is 9.59 Å². The number of nitrogens with one attached hydrogen (secondary N) is 1. The van der Waals surface area contributed by atoms with E-state index in [-0.39, 0.29) is 6.04 Å². The number of carboxylic acids is 1. The first-order valence-corrected chi connectivity index (χ1v) is 5.60. The van der Waals surface area contributed by atoms with Gasteiger partial charge in [0.1, 0.15) is 6.42 Å². The van der Waals surface area contributed by atoms with E-state index in [2.05, 4.69) is 10.4 Å². The number of nitrogens with zero attached hydrogens (tertiary/aromatic N) is 2. The molecular formula is C11H15N3O3. The molecule has 1 amide bonds. The fourth-order valence-electron chi connectivity index (χ4n) is 2.24. The molecule has 92 valence electrons. The minimum absolute atomic E-state index is 0.0979. The van der Waals surface area contributed by atoms with E-state index in [1.54, 1.807) is 6.20 Å². The predicted molar refractivity (Wildman–Crippen MR) is 59.3 cm³/mol. The predicted octanol–water partition coefficient (Wildman–Crippen LogP) is 0.388. The summed E-state index contributed by atoms with van der Waals surface area (Å²) in [5.74, 6) is -1.55. The highest BCUT2D eigenvalue weighted by Crippen LogP contribution is 2.28. The number of amides is 1. The number of carbonyl (C=O) groups excluding carboxylic acids is 1. The van der Waals surface area contributed by atoms with Gasteiger partial charge in [0.2, 0.25) is 5.91 Å². The Morgan fingerprint density at radius 3 is 3.12 bits per heavy atom. The highest BCUT2D eigenvalue weighted by molar-refractivity contribution is 5.93. The fourth-order valence-corrected chi connectivity index (χ4v) is 2.24. The molecule has 1 aromatic rings. The number of hydrogen-bond acceptors (Lipinski definition) is 3. The van der Waals surface area contributed by atoms with Crippen LogP contribution in [0.2, 0.25) is 0 Å². The van der Waals surface area contributed by atoms with E-state index in [1.807, 2.05) is 11.7 Å². The summed E-state index contributed by atoms with van der Waals surface area (Å²) in [6, 6.07) is -0.0979. The molecule has 0 radical (unpaired) electrons. The van der Waals surface area contributed by atoms with Gasteiger partial charge in [-0.2, -0.15) is 5.10 Å². The second-order valence-electron chi connectivity index (χ2n) is 4.25. The van der Waals surface area contributed by atoms with Crippen LogP contribution in [0.3, 0.4) is 0 Å². The molecule has 0 aliphatic heterocycles. The molecule has 1 aliphatic rings. The van der Waals surface area contributed by atoms with E-state index in [0.29, 0.717) is 0 Å². The Kier molecular flexibility index (Phi) is 3.12. The van der Waals surface area contributed by atoms with Gasteiger partial charge in [-0.05, 0) is 19.3 Å². The molecule has 0 aromatic carbocycles. The molecule has 17 heavy (non-hydrogen) atoms. The maximum atomic E-state index is 11.4. The number of carboxylic acid groups (broad SMARTS) is 1. The lowest BCUT2D eigenvalue weighted by Crippen LogP contribution is -2.32. The zero-order valence-corrected chi connectivity index (χ0v) is 9.64. The van der Waals surface area contributed by atoms with Crippen molar-refractivity contribution in [2.24, 2.45) is 7.05 Å². The average Bonchev–Trinajstić information content (AvgIpc) is 2.61. The Bertz CT molecular complexity index is 453. The van der Waals surface area contributed by atoms with Crippen molar-refractivity contribution in [3.8, 4) is 0 Å². The second-order valence-corrected chi connectivity index (χ2v) is 4.25. The van der Waals surface area contributed by atoms with Crippen LogP contribution in [0, 0.1) is 0 Å². The summed E-state index contributed by atoms with van der Waals surface area (Å²) in [7, 11) is 1.88. The van der Waals surface area contributed by atoms with Gasteiger partial charge in [-0.3, -0.25) is 14.3 Å². The summed E-state index contributed by atoms with van der Waals surface area (Å²) in [5.41, 5.74) is 2.13. The third kappa shape index (κ3) is 2.46. The zero-order valence-electron chi connectivity index (χ0n) is 9.64. The number of hydrogen-bond donors (Lipinski definition) is 2. The molecule has 6 nitrogen and oxygen atoms in total. The van der Waals surface area contributed by atoms with Crippen LogP contribution in [0.5, 0.6) is 0 Å². The minimum atomic E-state index is -1.11. The summed E-state index contributed by atoms with van der Waals surface area (Å²) in [6.07, 6.45) is 4.04. The quantitative estimate of drug-likeness (QED) is 0.745. The number of aliphatic carboxylic acids is 1. The lowest BCUT2D eigenvalue weighted by atomic mass is 9.93. The summed E-state index contributed by atoms with van der Waals surface area (Å²) in [6.45, 7) is 0. The van der Waals surface area contributed by atoms with Gasteiger partial charge < -0.3 is 10.4 Å². The Balaban J connectivity index is 2.08. The van der Waals surface area contributed by atoms with E-state index >= 15 is 0 Å². The standard InChI is InChI=1S/C11H15N3O3/c1-14-9-4-2-3-8(7(9)6-12-14)13-10(15)5-11(16)17/h6,8H,2-5H2,1H3,(H,13,15)(H,16,17). The monoisotopic (exact) mass is 237 g/mol. The SMILES string of the molecule is Cn1ncc2c1CCCC2NC(=O)CC(=O)O. The van der Waals surface area contributed by atoms with E-state index < -0.39 is 18.3 Å².